The van der Waals surface area contributed by atoms with Crippen LogP contribution >= 0.6 is 0 Å². The smallest absolute Gasteiger partial charge is 0.406 e. The second-order valence-corrected chi connectivity index (χ2v) is 6.12. The summed E-state index contributed by atoms with van der Waals surface area (Å²) in [6.45, 7) is 0. The summed E-state index contributed by atoms with van der Waals surface area (Å²) < 4.78 is 67.4. The highest BCUT2D eigenvalue weighted by Crippen LogP contribution is 2.33. The summed E-state index contributed by atoms with van der Waals surface area (Å²) in [7, 11) is -3.53. The van der Waals surface area contributed by atoms with E-state index in [9.17, 15) is 26.4 Å². The van der Waals surface area contributed by atoms with E-state index in [1.807, 2.05) is 0 Å². The number of ether oxygens (including phenoxy) is 1. The minimum absolute atomic E-state index is 0.269. The highest BCUT2D eigenvalue weighted by molar-refractivity contribution is 7.92. The number of benzene rings is 1. The van der Waals surface area contributed by atoms with Gasteiger partial charge in [0.1, 0.15) is 5.75 Å². The SMILES string of the molecule is COc1ccc(S(=O)(=O)[C@H](CC(=O)NO)C(F)(F)F)cc1. The van der Waals surface area contributed by atoms with Gasteiger partial charge in [0, 0.05) is 0 Å². The topological polar surface area (TPSA) is 92.7 Å². The normalized spacial score (nSPS) is 13.6. The number of nitrogens with one attached hydrogen (secondary N) is 1. The van der Waals surface area contributed by atoms with Gasteiger partial charge in [-0.25, -0.2) is 13.9 Å². The van der Waals surface area contributed by atoms with Gasteiger partial charge in [0.05, 0.1) is 18.4 Å². The predicted molar refractivity (Wildman–Crippen MR) is 64.6 cm³/mol. The van der Waals surface area contributed by atoms with Gasteiger partial charge in [-0.05, 0) is 24.3 Å². The Balaban J connectivity index is 3.23. The largest absolute Gasteiger partial charge is 0.497 e. The van der Waals surface area contributed by atoms with E-state index in [1.54, 1.807) is 0 Å². The van der Waals surface area contributed by atoms with Crippen molar-refractivity contribution in [2.75, 3.05) is 7.11 Å². The minimum atomic E-state index is -5.16. The van der Waals surface area contributed by atoms with Crippen LogP contribution in [-0.2, 0) is 14.6 Å². The number of hydrogen-bond acceptors (Lipinski definition) is 5. The van der Waals surface area contributed by atoms with Crippen LogP contribution in [0.1, 0.15) is 6.42 Å². The molecule has 1 aromatic carbocycles. The fourth-order valence-corrected chi connectivity index (χ4v) is 3.11. The molecule has 0 saturated heterocycles. The van der Waals surface area contributed by atoms with Gasteiger partial charge in [0.25, 0.3) is 0 Å². The first kappa shape index (κ1) is 17.2. The molecular weight excluding hydrogens is 315 g/mol. The van der Waals surface area contributed by atoms with Crippen LogP contribution in [0, 0.1) is 0 Å². The fourth-order valence-electron chi connectivity index (χ4n) is 1.55. The van der Waals surface area contributed by atoms with E-state index in [1.165, 1.54) is 19.2 Å². The number of hydrogen-bond donors (Lipinski definition) is 2. The van der Waals surface area contributed by atoms with Crippen LogP contribution in [0.4, 0.5) is 13.2 Å². The van der Waals surface area contributed by atoms with Gasteiger partial charge in [-0.1, -0.05) is 0 Å². The van der Waals surface area contributed by atoms with E-state index in [4.69, 9.17) is 9.94 Å². The molecule has 118 valence electrons. The highest BCUT2D eigenvalue weighted by atomic mass is 32.2. The van der Waals surface area contributed by atoms with Crippen molar-refractivity contribution in [3.63, 3.8) is 0 Å². The van der Waals surface area contributed by atoms with E-state index in [0.29, 0.717) is 0 Å². The van der Waals surface area contributed by atoms with Crippen molar-refractivity contribution < 1.29 is 36.3 Å². The molecule has 0 radical (unpaired) electrons. The van der Waals surface area contributed by atoms with Gasteiger partial charge in [0.15, 0.2) is 15.1 Å². The van der Waals surface area contributed by atoms with Gasteiger partial charge >= 0.3 is 6.18 Å². The Hall–Kier alpha value is -1.81. The van der Waals surface area contributed by atoms with E-state index in [2.05, 4.69) is 0 Å². The summed E-state index contributed by atoms with van der Waals surface area (Å²) in [5.41, 5.74) is 0.986. The van der Waals surface area contributed by atoms with Gasteiger partial charge in [-0.2, -0.15) is 13.2 Å². The maximum absolute atomic E-state index is 12.9. The van der Waals surface area contributed by atoms with Crippen LogP contribution in [0.5, 0.6) is 5.75 Å². The Bertz CT molecular complexity index is 597. The Morgan fingerprint density at radius 3 is 2.24 bits per heavy atom. The average molecular weight is 327 g/mol. The van der Waals surface area contributed by atoms with Gasteiger partial charge in [-0.15, -0.1) is 0 Å². The lowest BCUT2D eigenvalue weighted by Gasteiger charge is -2.19. The summed E-state index contributed by atoms with van der Waals surface area (Å²) in [5, 5.41) is 5.32. The van der Waals surface area contributed by atoms with Crippen LogP contribution in [0.15, 0.2) is 29.2 Å². The molecule has 0 saturated carbocycles. The molecule has 0 heterocycles. The lowest BCUT2D eigenvalue weighted by atomic mass is 10.3. The zero-order valence-corrected chi connectivity index (χ0v) is 11.5. The van der Waals surface area contributed by atoms with Crippen molar-refractivity contribution in [1.82, 2.24) is 5.48 Å². The molecule has 10 heteroatoms. The van der Waals surface area contributed by atoms with Crippen LogP contribution in [0.2, 0.25) is 0 Å². The summed E-state index contributed by atoms with van der Waals surface area (Å²) in [6.07, 6.45) is -6.60. The van der Waals surface area contributed by atoms with Gasteiger partial charge < -0.3 is 4.74 Å². The molecular formula is C11H12F3NO5S. The number of hydroxylamine groups is 1. The Morgan fingerprint density at radius 2 is 1.86 bits per heavy atom. The molecule has 0 aromatic heterocycles. The first-order valence-corrected chi connectivity index (χ1v) is 7.05. The Morgan fingerprint density at radius 1 is 1.33 bits per heavy atom. The van der Waals surface area contributed by atoms with Gasteiger partial charge in [0.2, 0.25) is 5.91 Å². The molecule has 0 spiro atoms. The number of carbonyl (C=O) groups is 1. The summed E-state index contributed by atoms with van der Waals surface area (Å²) in [4.78, 5) is 10.3. The summed E-state index contributed by atoms with van der Waals surface area (Å²) >= 11 is 0. The molecule has 21 heavy (non-hydrogen) atoms. The molecule has 0 unspecified atom stereocenters. The third-order valence-corrected chi connectivity index (χ3v) is 4.74. The zero-order chi connectivity index (χ0) is 16.3. The van der Waals surface area contributed by atoms with Crippen molar-refractivity contribution in [2.45, 2.75) is 22.7 Å². The van der Waals surface area contributed by atoms with E-state index < -0.39 is 38.5 Å². The predicted octanol–water partition coefficient (Wildman–Crippen LogP) is 1.30. The molecule has 0 bridgehead atoms. The maximum atomic E-state index is 12.9. The number of sulfone groups is 1. The van der Waals surface area contributed by atoms with E-state index in [0.717, 1.165) is 17.6 Å². The third-order valence-electron chi connectivity index (χ3n) is 2.62. The zero-order valence-electron chi connectivity index (χ0n) is 10.7. The van der Waals surface area contributed by atoms with E-state index in [-0.39, 0.29) is 5.75 Å². The first-order valence-electron chi connectivity index (χ1n) is 5.50. The van der Waals surface area contributed by atoms with Crippen molar-refractivity contribution in [3.05, 3.63) is 24.3 Å². The number of methoxy groups -OCH3 is 1. The Kier molecular flexibility index (Phi) is 5.18. The quantitative estimate of drug-likeness (QED) is 0.628. The van der Waals surface area contributed by atoms with Crippen molar-refractivity contribution in [2.24, 2.45) is 0 Å². The first-order chi connectivity index (χ1) is 9.62. The van der Waals surface area contributed by atoms with Crippen LogP contribution in [0.3, 0.4) is 0 Å². The summed E-state index contributed by atoms with van der Waals surface area (Å²) in [5.74, 6) is -1.18. The lowest BCUT2D eigenvalue weighted by Crippen LogP contribution is -2.40. The molecule has 0 aliphatic rings. The number of carbonyl (C=O) groups excluding carboxylic acids is 1. The number of amides is 1. The molecule has 6 nitrogen and oxygen atoms in total. The third kappa shape index (κ3) is 4.08. The Labute approximate surface area is 118 Å². The molecule has 0 aliphatic heterocycles. The highest BCUT2D eigenvalue weighted by Gasteiger charge is 2.50. The number of alkyl halides is 3. The van der Waals surface area contributed by atoms with Crippen molar-refractivity contribution in [1.29, 1.82) is 0 Å². The standard InChI is InChI=1S/C11H12F3NO5S/c1-20-7-2-4-8(5-3-7)21(18,19)9(11(12,13)14)6-10(16)15-17/h2-5,9,17H,6H2,1H3,(H,15,16)/t9-/m1/s1. The number of halogens is 3. The van der Waals surface area contributed by atoms with Crippen LogP contribution < -0.4 is 10.2 Å². The molecule has 2 N–H and O–H groups in total. The maximum Gasteiger partial charge on any atom is 0.406 e. The molecule has 1 rings (SSSR count). The lowest BCUT2D eigenvalue weighted by molar-refractivity contribution is -0.145. The number of rotatable bonds is 5. The van der Waals surface area contributed by atoms with Crippen molar-refractivity contribution in [3.8, 4) is 5.75 Å². The minimum Gasteiger partial charge on any atom is -0.497 e. The van der Waals surface area contributed by atoms with E-state index >= 15 is 0 Å². The molecule has 1 aromatic rings. The second kappa shape index (κ2) is 6.31. The fraction of sp³-hybridized carbons (Fsp3) is 0.364. The van der Waals surface area contributed by atoms with Crippen molar-refractivity contribution >= 4 is 15.7 Å². The summed E-state index contributed by atoms with van der Waals surface area (Å²) in [6, 6.07) is 4.27. The van der Waals surface area contributed by atoms with Gasteiger partial charge in [-0.3, -0.25) is 10.0 Å². The molecule has 0 aliphatic carbocycles. The molecule has 1 atom stereocenters. The van der Waals surface area contributed by atoms with Crippen LogP contribution in [-0.4, -0.2) is 38.1 Å². The molecule has 1 amide bonds. The van der Waals surface area contributed by atoms with Crippen LogP contribution in [0.25, 0.3) is 0 Å². The molecule has 0 fully saturated rings. The monoisotopic (exact) mass is 327 g/mol. The average Bonchev–Trinajstić information content (AvgIpc) is 2.43. The second-order valence-electron chi connectivity index (χ2n) is 3.99.